The Hall–Kier alpha value is -1.79. The number of hydrogen-bond acceptors (Lipinski definition) is 3. The van der Waals surface area contributed by atoms with Crippen LogP contribution in [0.5, 0.6) is 11.5 Å². The molecular formula is C17H13Br2NO3. The van der Waals surface area contributed by atoms with E-state index in [4.69, 9.17) is 9.47 Å². The molecule has 1 aliphatic heterocycles. The summed E-state index contributed by atoms with van der Waals surface area (Å²) >= 11 is 6.93. The van der Waals surface area contributed by atoms with Crippen molar-refractivity contribution in [1.82, 2.24) is 0 Å². The van der Waals surface area contributed by atoms with Crippen LogP contribution in [0.25, 0.3) is 11.6 Å². The molecule has 0 radical (unpaired) electrons. The van der Waals surface area contributed by atoms with Crippen LogP contribution in [0, 0.1) is 0 Å². The maximum atomic E-state index is 12.3. The molecule has 0 unspecified atom stereocenters. The fourth-order valence-corrected chi connectivity index (χ4v) is 3.76. The van der Waals surface area contributed by atoms with Crippen molar-refractivity contribution in [3.63, 3.8) is 0 Å². The third-order valence-electron chi connectivity index (χ3n) is 3.51. The van der Waals surface area contributed by atoms with E-state index in [1.54, 1.807) is 20.3 Å². The fourth-order valence-electron chi connectivity index (χ4n) is 2.44. The largest absolute Gasteiger partial charge is 0.497 e. The summed E-state index contributed by atoms with van der Waals surface area (Å²) in [6, 6.07) is 9.32. The second-order valence-electron chi connectivity index (χ2n) is 4.97. The fraction of sp³-hybridized carbons (Fsp3) is 0.118. The quantitative estimate of drug-likeness (QED) is 0.705. The maximum Gasteiger partial charge on any atom is 0.256 e. The summed E-state index contributed by atoms with van der Waals surface area (Å²) in [5, 5.41) is 2.88. The van der Waals surface area contributed by atoms with Gasteiger partial charge in [-0.2, -0.15) is 0 Å². The third-order valence-corrected chi connectivity index (χ3v) is 4.60. The van der Waals surface area contributed by atoms with E-state index in [1.165, 1.54) is 0 Å². The number of rotatable bonds is 3. The summed E-state index contributed by atoms with van der Waals surface area (Å²) in [5.41, 5.74) is 3.05. The van der Waals surface area contributed by atoms with Crippen molar-refractivity contribution in [3.05, 3.63) is 50.4 Å². The highest BCUT2D eigenvalue weighted by Crippen LogP contribution is 2.40. The summed E-state index contributed by atoms with van der Waals surface area (Å²) in [5.74, 6) is 1.20. The zero-order chi connectivity index (χ0) is 16.6. The van der Waals surface area contributed by atoms with E-state index in [-0.39, 0.29) is 5.91 Å². The van der Waals surface area contributed by atoms with Crippen LogP contribution < -0.4 is 14.8 Å². The van der Waals surface area contributed by atoms with Gasteiger partial charge in [0.05, 0.1) is 19.9 Å². The molecule has 0 atom stereocenters. The van der Waals surface area contributed by atoms with E-state index in [0.29, 0.717) is 17.1 Å². The van der Waals surface area contributed by atoms with Crippen molar-refractivity contribution < 1.29 is 14.3 Å². The number of methoxy groups -OCH3 is 2. The number of fused-ring (bicyclic) bond motifs is 1. The van der Waals surface area contributed by atoms with Crippen molar-refractivity contribution >= 4 is 55.1 Å². The molecule has 0 saturated heterocycles. The summed E-state index contributed by atoms with van der Waals surface area (Å²) < 4.78 is 12.3. The van der Waals surface area contributed by atoms with Gasteiger partial charge in [-0.15, -0.1) is 0 Å². The van der Waals surface area contributed by atoms with Gasteiger partial charge in [0.2, 0.25) is 0 Å². The van der Waals surface area contributed by atoms with Crippen LogP contribution in [0.2, 0.25) is 0 Å². The lowest BCUT2D eigenvalue weighted by molar-refractivity contribution is -0.110. The predicted molar refractivity (Wildman–Crippen MR) is 97.9 cm³/mol. The number of carbonyl (C=O) groups excluding carboxylic acids is 1. The molecule has 1 heterocycles. The number of anilines is 1. The molecule has 0 aliphatic carbocycles. The smallest absolute Gasteiger partial charge is 0.256 e. The number of nitrogens with one attached hydrogen (secondary N) is 1. The minimum atomic E-state index is -0.138. The molecule has 1 aliphatic rings. The summed E-state index contributed by atoms with van der Waals surface area (Å²) in [4.78, 5) is 12.3. The van der Waals surface area contributed by atoms with E-state index < -0.39 is 0 Å². The van der Waals surface area contributed by atoms with Crippen LogP contribution in [0.15, 0.2) is 39.3 Å². The first-order valence-electron chi connectivity index (χ1n) is 6.77. The van der Waals surface area contributed by atoms with Gasteiger partial charge in [-0.25, -0.2) is 0 Å². The zero-order valence-electron chi connectivity index (χ0n) is 12.4. The minimum Gasteiger partial charge on any atom is -0.497 e. The molecule has 2 aromatic rings. The molecule has 2 aromatic carbocycles. The molecule has 0 fully saturated rings. The molecule has 0 aromatic heterocycles. The third kappa shape index (κ3) is 3.14. The summed E-state index contributed by atoms with van der Waals surface area (Å²) in [6.07, 6.45) is 1.82. The monoisotopic (exact) mass is 437 g/mol. The minimum absolute atomic E-state index is 0.138. The molecule has 1 amide bonds. The number of ether oxygens (including phenoxy) is 2. The highest BCUT2D eigenvalue weighted by molar-refractivity contribution is 9.11. The Labute approximate surface area is 150 Å². The number of hydrogen-bond donors (Lipinski definition) is 1. The van der Waals surface area contributed by atoms with Crippen molar-refractivity contribution in [2.24, 2.45) is 0 Å². The van der Waals surface area contributed by atoms with E-state index in [0.717, 1.165) is 25.8 Å². The van der Waals surface area contributed by atoms with Crippen LogP contribution in [0.4, 0.5) is 5.69 Å². The molecule has 1 N–H and O–H groups in total. The molecule has 6 heteroatoms. The first-order chi connectivity index (χ1) is 11.0. The number of halogens is 2. The van der Waals surface area contributed by atoms with E-state index in [1.807, 2.05) is 30.3 Å². The van der Waals surface area contributed by atoms with Crippen molar-refractivity contribution in [2.45, 2.75) is 0 Å². The Balaban J connectivity index is 2.13. The van der Waals surface area contributed by atoms with E-state index in [9.17, 15) is 4.79 Å². The van der Waals surface area contributed by atoms with Crippen molar-refractivity contribution in [2.75, 3.05) is 19.5 Å². The highest BCUT2D eigenvalue weighted by atomic mass is 79.9. The Bertz CT molecular complexity index is 809. The average molecular weight is 439 g/mol. The number of benzene rings is 2. The topological polar surface area (TPSA) is 47.6 Å². The summed E-state index contributed by atoms with van der Waals surface area (Å²) in [6.45, 7) is 0. The molecule has 4 nitrogen and oxygen atoms in total. The van der Waals surface area contributed by atoms with Crippen LogP contribution in [-0.4, -0.2) is 20.1 Å². The lowest BCUT2D eigenvalue weighted by Gasteiger charge is -2.07. The van der Waals surface area contributed by atoms with Gasteiger partial charge >= 0.3 is 0 Å². The number of amides is 1. The Morgan fingerprint density at radius 1 is 1.00 bits per heavy atom. The van der Waals surface area contributed by atoms with Gasteiger partial charge in [-0.05, 0) is 51.8 Å². The highest BCUT2D eigenvalue weighted by Gasteiger charge is 2.26. The molecule has 3 rings (SSSR count). The molecule has 0 spiro atoms. The van der Waals surface area contributed by atoms with E-state index >= 15 is 0 Å². The first kappa shape index (κ1) is 16.1. The Morgan fingerprint density at radius 3 is 2.26 bits per heavy atom. The second-order valence-corrected chi connectivity index (χ2v) is 6.74. The normalized spacial score (nSPS) is 14.6. The Morgan fingerprint density at radius 2 is 1.65 bits per heavy atom. The second kappa shape index (κ2) is 6.37. The SMILES string of the molecule is COc1cc(C=C2C(=O)Nc3c(Br)cc(Br)cc32)cc(OC)c1. The lowest BCUT2D eigenvalue weighted by atomic mass is 10.0. The zero-order valence-corrected chi connectivity index (χ0v) is 15.6. The predicted octanol–water partition coefficient (Wildman–Crippen LogP) is 4.72. The van der Waals surface area contributed by atoms with Crippen LogP contribution in [0.3, 0.4) is 0 Å². The molecule has 23 heavy (non-hydrogen) atoms. The Kier molecular flexibility index (Phi) is 4.46. The van der Waals surface area contributed by atoms with Gasteiger partial charge in [0.25, 0.3) is 5.91 Å². The van der Waals surface area contributed by atoms with Gasteiger partial charge in [-0.1, -0.05) is 15.9 Å². The van der Waals surface area contributed by atoms with Crippen LogP contribution in [0.1, 0.15) is 11.1 Å². The average Bonchev–Trinajstić information content (AvgIpc) is 2.84. The van der Waals surface area contributed by atoms with Crippen LogP contribution in [-0.2, 0) is 4.79 Å². The lowest BCUT2D eigenvalue weighted by Crippen LogP contribution is -2.03. The molecular weight excluding hydrogens is 426 g/mol. The van der Waals surface area contributed by atoms with Crippen LogP contribution >= 0.6 is 31.9 Å². The first-order valence-corrected chi connectivity index (χ1v) is 8.36. The standard InChI is InChI=1S/C17H13Br2NO3/c1-22-11-3-9(4-12(8-11)23-2)5-14-13-6-10(18)7-15(19)16(13)20-17(14)21/h3-8H,1-2H3,(H,20,21). The van der Waals surface area contributed by atoms with Gasteiger partial charge < -0.3 is 14.8 Å². The summed E-state index contributed by atoms with van der Waals surface area (Å²) in [7, 11) is 3.19. The van der Waals surface area contributed by atoms with E-state index in [2.05, 4.69) is 37.2 Å². The van der Waals surface area contributed by atoms with Gasteiger partial charge in [0, 0.05) is 26.1 Å². The van der Waals surface area contributed by atoms with Crippen molar-refractivity contribution in [1.29, 1.82) is 0 Å². The van der Waals surface area contributed by atoms with Gasteiger partial charge in [-0.3, -0.25) is 4.79 Å². The molecule has 0 bridgehead atoms. The van der Waals surface area contributed by atoms with Gasteiger partial charge in [0.1, 0.15) is 11.5 Å². The van der Waals surface area contributed by atoms with Crippen molar-refractivity contribution in [3.8, 4) is 11.5 Å². The maximum absolute atomic E-state index is 12.3. The molecule has 0 saturated carbocycles. The number of carbonyl (C=O) groups is 1. The molecule has 118 valence electrons. The van der Waals surface area contributed by atoms with Gasteiger partial charge in [0.15, 0.2) is 0 Å².